The number of aliphatic carboxylic acids is 1. The number of amides is 2. The number of rotatable bonds is 5. The number of ether oxygens (including phenoxy) is 1. The van der Waals surface area contributed by atoms with Crippen molar-refractivity contribution in [2.75, 3.05) is 13.7 Å². The van der Waals surface area contributed by atoms with Gasteiger partial charge in [0.1, 0.15) is 5.54 Å². The summed E-state index contributed by atoms with van der Waals surface area (Å²) >= 11 is 0. The van der Waals surface area contributed by atoms with Gasteiger partial charge < -0.3 is 20.5 Å². The standard InChI is InChI=1S/C10H18N2O4/c1-9(2,6-16-3)11-8(15)12-10(4-5-10)7(13)14/h4-6H2,1-3H3,(H,13,14)(H2,11,12,15). The largest absolute Gasteiger partial charge is 0.480 e. The normalized spacial score (nSPS) is 17.7. The van der Waals surface area contributed by atoms with Crippen LogP contribution in [0.15, 0.2) is 0 Å². The molecule has 6 heteroatoms. The number of carboxylic acids is 1. The number of urea groups is 1. The average molecular weight is 230 g/mol. The molecule has 2 amide bonds. The molecule has 1 aliphatic rings. The first kappa shape index (κ1) is 12.8. The van der Waals surface area contributed by atoms with Crippen LogP contribution in [-0.4, -0.2) is 41.9 Å². The number of methoxy groups -OCH3 is 1. The Kier molecular flexibility index (Phi) is 3.42. The van der Waals surface area contributed by atoms with Gasteiger partial charge in [-0.15, -0.1) is 0 Å². The third kappa shape index (κ3) is 3.10. The molecular weight excluding hydrogens is 212 g/mol. The maximum absolute atomic E-state index is 11.6. The second kappa shape index (κ2) is 4.29. The molecule has 0 aromatic carbocycles. The third-order valence-electron chi connectivity index (χ3n) is 2.47. The summed E-state index contributed by atoms with van der Waals surface area (Å²) < 4.78 is 4.94. The molecule has 1 fully saturated rings. The Labute approximate surface area is 94.3 Å². The lowest BCUT2D eigenvalue weighted by Crippen LogP contribution is -2.55. The van der Waals surface area contributed by atoms with Crippen LogP contribution in [0.25, 0.3) is 0 Å². The van der Waals surface area contributed by atoms with Gasteiger partial charge >= 0.3 is 12.0 Å². The van der Waals surface area contributed by atoms with Crippen LogP contribution >= 0.6 is 0 Å². The first-order valence-corrected chi connectivity index (χ1v) is 5.14. The van der Waals surface area contributed by atoms with E-state index in [4.69, 9.17) is 9.84 Å². The van der Waals surface area contributed by atoms with Gasteiger partial charge in [-0.3, -0.25) is 0 Å². The smallest absolute Gasteiger partial charge is 0.329 e. The summed E-state index contributed by atoms with van der Waals surface area (Å²) in [6, 6.07) is -0.470. The van der Waals surface area contributed by atoms with Crippen molar-refractivity contribution in [2.24, 2.45) is 0 Å². The van der Waals surface area contributed by atoms with Crippen molar-refractivity contribution in [3.05, 3.63) is 0 Å². The summed E-state index contributed by atoms with van der Waals surface area (Å²) in [4.78, 5) is 22.4. The minimum absolute atomic E-state index is 0.362. The van der Waals surface area contributed by atoms with E-state index in [-0.39, 0.29) is 0 Å². The van der Waals surface area contributed by atoms with Gasteiger partial charge in [0.25, 0.3) is 0 Å². The van der Waals surface area contributed by atoms with Gasteiger partial charge in [0.05, 0.1) is 12.1 Å². The van der Waals surface area contributed by atoms with E-state index in [1.807, 2.05) is 0 Å². The van der Waals surface area contributed by atoms with Crippen LogP contribution in [-0.2, 0) is 9.53 Å². The Morgan fingerprint density at radius 1 is 1.44 bits per heavy atom. The van der Waals surface area contributed by atoms with Crippen molar-refractivity contribution in [1.82, 2.24) is 10.6 Å². The van der Waals surface area contributed by atoms with Crippen LogP contribution in [0.4, 0.5) is 4.79 Å². The van der Waals surface area contributed by atoms with Gasteiger partial charge in [-0.05, 0) is 26.7 Å². The summed E-state index contributed by atoms with van der Waals surface area (Å²) in [5.74, 6) is -0.979. The molecule has 0 heterocycles. The molecule has 1 saturated carbocycles. The quantitative estimate of drug-likeness (QED) is 0.635. The number of nitrogens with one attached hydrogen (secondary N) is 2. The van der Waals surface area contributed by atoms with E-state index < -0.39 is 23.1 Å². The molecular formula is C10H18N2O4. The van der Waals surface area contributed by atoms with E-state index >= 15 is 0 Å². The maximum atomic E-state index is 11.6. The molecule has 1 aliphatic carbocycles. The monoisotopic (exact) mass is 230 g/mol. The molecule has 0 bridgehead atoms. The van der Waals surface area contributed by atoms with Crippen molar-refractivity contribution in [2.45, 2.75) is 37.8 Å². The molecule has 0 radical (unpaired) electrons. The van der Waals surface area contributed by atoms with E-state index in [2.05, 4.69) is 10.6 Å². The van der Waals surface area contributed by atoms with Crippen LogP contribution in [0.3, 0.4) is 0 Å². The summed E-state index contributed by atoms with van der Waals surface area (Å²) in [5, 5.41) is 14.0. The first-order valence-electron chi connectivity index (χ1n) is 5.14. The van der Waals surface area contributed by atoms with E-state index in [9.17, 15) is 9.59 Å². The second-order valence-corrected chi connectivity index (χ2v) is 4.78. The van der Waals surface area contributed by atoms with E-state index in [1.54, 1.807) is 21.0 Å². The minimum atomic E-state index is -1.05. The summed E-state index contributed by atoms with van der Waals surface area (Å²) in [7, 11) is 1.54. The molecule has 0 aromatic rings. The van der Waals surface area contributed by atoms with Crippen molar-refractivity contribution >= 4 is 12.0 Å². The highest BCUT2D eigenvalue weighted by atomic mass is 16.5. The SMILES string of the molecule is COCC(C)(C)NC(=O)NC1(C(=O)O)CC1. The van der Waals surface area contributed by atoms with E-state index in [0.717, 1.165) is 0 Å². The Morgan fingerprint density at radius 2 is 2.00 bits per heavy atom. The molecule has 0 spiro atoms. The molecule has 92 valence electrons. The van der Waals surface area contributed by atoms with Gasteiger partial charge in [0.15, 0.2) is 0 Å². The molecule has 1 rings (SSSR count). The van der Waals surface area contributed by atoms with Gasteiger partial charge in [-0.25, -0.2) is 9.59 Å². The fourth-order valence-electron chi connectivity index (χ4n) is 1.47. The Hall–Kier alpha value is -1.30. The van der Waals surface area contributed by atoms with Crippen molar-refractivity contribution in [3.8, 4) is 0 Å². The third-order valence-corrected chi connectivity index (χ3v) is 2.47. The Bertz CT molecular complexity index is 297. The van der Waals surface area contributed by atoms with Crippen LogP contribution in [0.1, 0.15) is 26.7 Å². The molecule has 0 saturated heterocycles. The van der Waals surface area contributed by atoms with Gasteiger partial charge in [0, 0.05) is 7.11 Å². The summed E-state index contributed by atoms with van der Waals surface area (Å²) in [5.41, 5.74) is -1.57. The number of carboxylic acid groups (broad SMARTS) is 1. The summed E-state index contributed by atoms with van der Waals surface area (Å²) in [6.45, 7) is 3.97. The zero-order valence-electron chi connectivity index (χ0n) is 9.79. The van der Waals surface area contributed by atoms with E-state index in [1.165, 1.54) is 0 Å². The topological polar surface area (TPSA) is 87.7 Å². The van der Waals surface area contributed by atoms with Crippen LogP contribution in [0.2, 0.25) is 0 Å². The number of hydrogen-bond donors (Lipinski definition) is 3. The highest BCUT2D eigenvalue weighted by Crippen LogP contribution is 2.35. The lowest BCUT2D eigenvalue weighted by Gasteiger charge is -2.26. The van der Waals surface area contributed by atoms with Crippen molar-refractivity contribution in [1.29, 1.82) is 0 Å². The van der Waals surface area contributed by atoms with Gasteiger partial charge in [-0.1, -0.05) is 0 Å². The van der Waals surface area contributed by atoms with E-state index in [0.29, 0.717) is 19.4 Å². The van der Waals surface area contributed by atoms with Gasteiger partial charge in [-0.2, -0.15) is 0 Å². The number of hydrogen-bond acceptors (Lipinski definition) is 3. The lowest BCUT2D eigenvalue weighted by atomic mass is 10.1. The highest BCUT2D eigenvalue weighted by molar-refractivity contribution is 5.89. The fraction of sp³-hybridized carbons (Fsp3) is 0.800. The summed E-state index contributed by atoms with van der Waals surface area (Å²) in [6.07, 6.45) is 0.973. The molecule has 16 heavy (non-hydrogen) atoms. The fourth-order valence-corrected chi connectivity index (χ4v) is 1.47. The minimum Gasteiger partial charge on any atom is -0.480 e. The molecule has 0 atom stereocenters. The predicted molar refractivity (Wildman–Crippen MR) is 57.2 cm³/mol. The Balaban J connectivity index is 2.45. The lowest BCUT2D eigenvalue weighted by molar-refractivity contribution is -0.140. The highest BCUT2D eigenvalue weighted by Gasteiger charge is 2.51. The second-order valence-electron chi connectivity index (χ2n) is 4.78. The van der Waals surface area contributed by atoms with Crippen LogP contribution in [0.5, 0.6) is 0 Å². The number of carbonyl (C=O) groups excluding carboxylic acids is 1. The van der Waals surface area contributed by atoms with Crippen LogP contribution in [0, 0.1) is 0 Å². The van der Waals surface area contributed by atoms with Gasteiger partial charge in [0.2, 0.25) is 0 Å². The molecule has 0 unspecified atom stereocenters. The molecule has 6 nitrogen and oxygen atoms in total. The first-order chi connectivity index (χ1) is 7.31. The average Bonchev–Trinajstić information content (AvgIpc) is 2.83. The number of carbonyl (C=O) groups is 2. The molecule has 0 aromatic heterocycles. The van der Waals surface area contributed by atoms with Crippen LogP contribution < -0.4 is 10.6 Å². The molecule has 3 N–H and O–H groups in total. The molecule has 0 aliphatic heterocycles. The zero-order chi connectivity index (χ0) is 12.4. The van der Waals surface area contributed by atoms with Crippen molar-refractivity contribution < 1.29 is 19.4 Å². The zero-order valence-corrected chi connectivity index (χ0v) is 9.79. The predicted octanol–water partition coefficient (Wildman–Crippen LogP) is 0.328. The van der Waals surface area contributed by atoms with Crippen molar-refractivity contribution in [3.63, 3.8) is 0 Å². The maximum Gasteiger partial charge on any atom is 0.329 e. The Morgan fingerprint density at radius 3 is 2.38 bits per heavy atom.